The van der Waals surface area contributed by atoms with Gasteiger partial charge in [0.05, 0.1) is 24.3 Å². The molecule has 6 heteroatoms. The molecule has 0 spiro atoms. The standard InChI is InChI=1S/C19H20N2O4/c1-2-25-18(23)13-12-17(22)21-16-11-7-6-10-15(16)19(24)20-14-8-4-3-5-9-14/h3-11H,2,12-13H2,1H3,(H,20,24)(H,21,22). The van der Waals surface area contributed by atoms with Gasteiger partial charge in [-0.25, -0.2) is 0 Å². The van der Waals surface area contributed by atoms with Crippen LogP contribution in [0.3, 0.4) is 0 Å². The summed E-state index contributed by atoms with van der Waals surface area (Å²) in [6.07, 6.45) is -0.00841. The monoisotopic (exact) mass is 340 g/mol. The largest absolute Gasteiger partial charge is 0.466 e. The van der Waals surface area contributed by atoms with Crippen molar-refractivity contribution in [1.82, 2.24) is 0 Å². The van der Waals surface area contributed by atoms with Crippen molar-refractivity contribution in [2.45, 2.75) is 19.8 Å². The normalized spacial score (nSPS) is 9.96. The first-order chi connectivity index (χ1) is 12.1. The van der Waals surface area contributed by atoms with E-state index in [0.717, 1.165) is 0 Å². The van der Waals surface area contributed by atoms with Gasteiger partial charge < -0.3 is 15.4 Å². The molecule has 0 heterocycles. The van der Waals surface area contributed by atoms with E-state index in [-0.39, 0.29) is 31.3 Å². The van der Waals surface area contributed by atoms with Crippen LogP contribution in [0, 0.1) is 0 Å². The number of amides is 2. The molecule has 0 atom stereocenters. The van der Waals surface area contributed by atoms with Gasteiger partial charge >= 0.3 is 5.97 Å². The number of ether oxygens (including phenoxy) is 1. The molecule has 2 aromatic rings. The number of carbonyl (C=O) groups is 3. The van der Waals surface area contributed by atoms with Gasteiger partial charge in [-0.1, -0.05) is 30.3 Å². The van der Waals surface area contributed by atoms with Gasteiger partial charge in [0.2, 0.25) is 5.91 Å². The first kappa shape index (κ1) is 18.2. The third kappa shape index (κ3) is 5.76. The Morgan fingerprint density at radius 1 is 0.880 bits per heavy atom. The number of para-hydroxylation sites is 2. The van der Waals surface area contributed by atoms with Crippen LogP contribution < -0.4 is 10.6 Å². The lowest BCUT2D eigenvalue weighted by atomic mass is 10.1. The predicted octanol–water partition coefficient (Wildman–Crippen LogP) is 3.22. The lowest BCUT2D eigenvalue weighted by Crippen LogP contribution is -2.19. The summed E-state index contributed by atoms with van der Waals surface area (Å²) in [5.74, 6) is -1.10. The van der Waals surface area contributed by atoms with Crippen molar-refractivity contribution >= 4 is 29.2 Å². The number of anilines is 2. The van der Waals surface area contributed by atoms with E-state index in [4.69, 9.17) is 4.74 Å². The SMILES string of the molecule is CCOC(=O)CCC(=O)Nc1ccccc1C(=O)Nc1ccccc1. The fourth-order valence-electron chi connectivity index (χ4n) is 2.17. The summed E-state index contributed by atoms with van der Waals surface area (Å²) in [5, 5.41) is 5.44. The highest BCUT2D eigenvalue weighted by atomic mass is 16.5. The third-order valence-electron chi connectivity index (χ3n) is 3.34. The lowest BCUT2D eigenvalue weighted by molar-refractivity contribution is -0.144. The molecule has 25 heavy (non-hydrogen) atoms. The van der Waals surface area contributed by atoms with E-state index in [2.05, 4.69) is 10.6 Å². The van der Waals surface area contributed by atoms with Crippen LogP contribution in [-0.4, -0.2) is 24.4 Å². The maximum absolute atomic E-state index is 12.4. The Bertz CT molecular complexity index is 744. The first-order valence-corrected chi connectivity index (χ1v) is 8.01. The zero-order valence-corrected chi connectivity index (χ0v) is 14.0. The van der Waals surface area contributed by atoms with E-state index in [9.17, 15) is 14.4 Å². The number of hydrogen-bond acceptors (Lipinski definition) is 4. The van der Waals surface area contributed by atoms with Crippen molar-refractivity contribution in [3.8, 4) is 0 Å². The minimum absolute atomic E-state index is 0.00193. The number of rotatable bonds is 7. The molecule has 0 aliphatic heterocycles. The molecule has 2 aromatic carbocycles. The highest BCUT2D eigenvalue weighted by Gasteiger charge is 2.14. The number of benzene rings is 2. The van der Waals surface area contributed by atoms with Crippen LogP contribution in [0.15, 0.2) is 54.6 Å². The van der Waals surface area contributed by atoms with Gasteiger partial charge in [-0.15, -0.1) is 0 Å². The zero-order chi connectivity index (χ0) is 18.1. The van der Waals surface area contributed by atoms with E-state index in [1.165, 1.54) is 0 Å². The smallest absolute Gasteiger partial charge is 0.306 e. The first-order valence-electron chi connectivity index (χ1n) is 8.01. The van der Waals surface area contributed by atoms with Crippen molar-refractivity contribution in [3.63, 3.8) is 0 Å². The molecule has 2 N–H and O–H groups in total. The number of nitrogens with one attached hydrogen (secondary N) is 2. The Kier molecular flexibility index (Phi) is 6.71. The number of carbonyl (C=O) groups excluding carboxylic acids is 3. The molecular weight excluding hydrogens is 320 g/mol. The molecule has 6 nitrogen and oxygen atoms in total. The third-order valence-corrected chi connectivity index (χ3v) is 3.34. The Hall–Kier alpha value is -3.15. The quantitative estimate of drug-likeness (QED) is 0.758. The van der Waals surface area contributed by atoms with Crippen LogP contribution in [-0.2, 0) is 14.3 Å². The Morgan fingerprint density at radius 3 is 2.28 bits per heavy atom. The Morgan fingerprint density at radius 2 is 1.56 bits per heavy atom. The summed E-state index contributed by atoms with van der Waals surface area (Å²) in [6, 6.07) is 15.7. The summed E-state index contributed by atoms with van der Waals surface area (Å²) < 4.78 is 4.79. The number of hydrogen-bond donors (Lipinski definition) is 2. The topological polar surface area (TPSA) is 84.5 Å². The van der Waals surface area contributed by atoms with Gasteiger partial charge in [0.15, 0.2) is 0 Å². The van der Waals surface area contributed by atoms with Crippen molar-refractivity contribution in [2.24, 2.45) is 0 Å². The molecule has 0 radical (unpaired) electrons. The van der Waals surface area contributed by atoms with E-state index in [1.807, 2.05) is 18.2 Å². The van der Waals surface area contributed by atoms with Crippen LogP contribution in [0.2, 0.25) is 0 Å². The fraction of sp³-hybridized carbons (Fsp3) is 0.211. The molecule has 2 rings (SSSR count). The fourth-order valence-corrected chi connectivity index (χ4v) is 2.17. The minimum atomic E-state index is -0.423. The van der Waals surface area contributed by atoms with E-state index < -0.39 is 5.97 Å². The molecule has 0 saturated carbocycles. The molecular formula is C19H20N2O4. The van der Waals surface area contributed by atoms with Gasteiger partial charge in [0.25, 0.3) is 5.91 Å². The summed E-state index contributed by atoms with van der Waals surface area (Å²) >= 11 is 0. The van der Waals surface area contributed by atoms with Crippen LogP contribution in [0.5, 0.6) is 0 Å². The summed E-state index contributed by atoms with van der Waals surface area (Å²) in [6.45, 7) is 1.99. The van der Waals surface area contributed by atoms with Gasteiger partial charge in [-0.3, -0.25) is 14.4 Å². The number of esters is 1. The van der Waals surface area contributed by atoms with Crippen LogP contribution in [0.4, 0.5) is 11.4 Å². The van der Waals surface area contributed by atoms with E-state index >= 15 is 0 Å². The van der Waals surface area contributed by atoms with Crippen molar-refractivity contribution in [3.05, 3.63) is 60.2 Å². The lowest BCUT2D eigenvalue weighted by Gasteiger charge is -2.11. The van der Waals surface area contributed by atoms with Gasteiger partial charge in [-0.05, 0) is 31.2 Å². The molecule has 2 amide bonds. The average Bonchev–Trinajstić information content (AvgIpc) is 2.61. The molecule has 0 aliphatic rings. The van der Waals surface area contributed by atoms with E-state index in [0.29, 0.717) is 16.9 Å². The maximum atomic E-state index is 12.4. The van der Waals surface area contributed by atoms with Crippen molar-refractivity contribution in [1.29, 1.82) is 0 Å². The van der Waals surface area contributed by atoms with Gasteiger partial charge in [0, 0.05) is 12.1 Å². The molecule has 0 fully saturated rings. The molecule has 130 valence electrons. The van der Waals surface area contributed by atoms with Crippen LogP contribution >= 0.6 is 0 Å². The van der Waals surface area contributed by atoms with Crippen molar-refractivity contribution in [2.75, 3.05) is 17.2 Å². The summed E-state index contributed by atoms with van der Waals surface area (Å²) in [4.78, 5) is 35.7. The minimum Gasteiger partial charge on any atom is -0.466 e. The predicted molar refractivity (Wildman–Crippen MR) is 95.3 cm³/mol. The summed E-state index contributed by atoms with van der Waals surface area (Å²) in [7, 11) is 0. The molecule has 0 aromatic heterocycles. The highest BCUT2D eigenvalue weighted by Crippen LogP contribution is 2.18. The van der Waals surface area contributed by atoms with E-state index in [1.54, 1.807) is 43.3 Å². The zero-order valence-electron chi connectivity index (χ0n) is 14.0. The second kappa shape index (κ2) is 9.22. The van der Waals surface area contributed by atoms with Gasteiger partial charge in [-0.2, -0.15) is 0 Å². The molecule has 0 aliphatic carbocycles. The second-order valence-corrected chi connectivity index (χ2v) is 5.22. The van der Waals surface area contributed by atoms with Crippen LogP contribution in [0.25, 0.3) is 0 Å². The molecule has 0 bridgehead atoms. The maximum Gasteiger partial charge on any atom is 0.306 e. The molecule has 0 unspecified atom stereocenters. The second-order valence-electron chi connectivity index (χ2n) is 5.22. The average molecular weight is 340 g/mol. The Balaban J connectivity index is 2.01. The van der Waals surface area contributed by atoms with Crippen LogP contribution in [0.1, 0.15) is 30.1 Å². The summed E-state index contributed by atoms with van der Waals surface area (Å²) in [5.41, 5.74) is 1.40. The van der Waals surface area contributed by atoms with Crippen molar-refractivity contribution < 1.29 is 19.1 Å². The molecule has 0 saturated heterocycles. The highest BCUT2D eigenvalue weighted by molar-refractivity contribution is 6.10. The Labute approximate surface area is 146 Å². The van der Waals surface area contributed by atoms with Gasteiger partial charge in [0.1, 0.15) is 0 Å².